The SMILES string of the molecule is O=C(O)C1CCCN1C(=O)Cc1ccccn1. The van der Waals surface area contributed by atoms with Gasteiger partial charge in [-0.1, -0.05) is 6.07 Å². The van der Waals surface area contributed by atoms with Crippen molar-refractivity contribution in [1.29, 1.82) is 0 Å². The van der Waals surface area contributed by atoms with Gasteiger partial charge >= 0.3 is 5.97 Å². The molecule has 0 bridgehead atoms. The third kappa shape index (κ3) is 2.61. The van der Waals surface area contributed by atoms with Crippen LogP contribution in [0.2, 0.25) is 0 Å². The fraction of sp³-hybridized carbons (Fsp3) is 0.417. The van der Waals surface area contributed by atoms with E-state index in [1.54, 1.807) is 18.3 Å². The van der Waals surface area contributed by atoms with Crippen LogP contribution in [0.15, 0.2) is 24.4 Å². The summed E-state index contributed by atoms with van der Waals surface area (Å²) in [5.41, 5.74) is 0.675. The molecule has 1 saturated heterocycles. The van der Waals surface area contributed by atoms with Crippen LogP contribution in [0.1, 0.15) is 18.5 Å². The summed E-state index contributed by atoms with van der Waals surface area (Å²) in [5.74, 6) is -1.08. The normalized spacial score (nSPS) is 19.3. The largest absolute Gasteiger partial charge is 0.480 e. The van der Waals surface area contributed by atoms with Gasteiger partial charge in [-0.2, -0.15) is 0 Å². The maximum absolute atomic E-state index is 12.0. The van der Waals surface area contributed by atoms with Crippen molar-refractivity contribution in [3.8, 4) is 0 Å². The molecule has 17 heavy (non-hydrogen) atoms. The summed E-state index contributed by atoms with van der Waals surface area (Å²) in [6.07, 6.45) is 3.10. The Hall–Kier alpha value is -1.91. The van der Waals surface area contributed by atoms with Crippen molar-refractivity contribution >= 4 is 11.9 Å². The van der Waals surface area contributed by atoms with Gasteiger partial charge in [0.05, 0.1) is 6.42 Å². The van der Waals surface area contributed by atoms with Gasteiger partial charge < -0.3 is 10.0 Å². The average molecular weight is 234 g/mol. The van der Waals surface area contributed by atoms with Gasteiger partial charge in [0.15, 0.2) is 0 Å². The Kier molecular flexibility index (Phi) is 3.37. The highest BCUT2D eigenvalue weighted by atomic mass is 16.4. The van der Waals surface area contributed by atoms with Crippen LogP contribution < -0.4 is 0 Å². The van der Waals surface area contributed by atoms with Crippen LogP contribution in [-0.2, 0) is 16.0 Å². The fourth-order valence-corrected chi connectivity index (χ4v) is 2.08. The van der Waals surface area contributed by atoms with E-state index >= 15 is 0 Å². The summed E-state index contributed by atoms with van der Waals surface area (Å²) < 4.78 is 0. The minimum atomic E-state index is -0.920. The van der Waals surface area contributed by atoms with Crippen molar-refractivity contribution in [2.75, 3.05) is 6.54 Å². The Bertz CT molecular complexity index is 419. The van der Waals surface area contributed by atoms with E-state index in [0.717, 1.165) is 6.42 Å². The molecule has 5 heteroatoms. The van der Waals surface area contributed by atoms with Crippen LogP contribution in [0.4, 0.5) is 0 Å². The van der Waals surface area contributed by atoms with E-state index in [1.165, 1.54) is 4.90 Å². The second kappa shape index (κ2) is 4.95. The Morgan fingerprint density at radius 1 is 1.47 bits per heavy atom. The Morgan fingerprint density at radius 2 is 2.29 bits per heavy atom. The standard InChI is InChI=1S/C12H14N2O3/c15-11(8-9-4-1-2-6-13-9)14-7-3-5-10(14)12(16)17/h1-2,4,6,10H,3,5,7-8H2,(H,16,17). The van der Waals surface area contributed by atoms with Gasteiger partial charge in [0.1, 0.15) is 6.04 Å². The molecule has 0 radical (unpaired) electrons. The molecule has 1 fully saturated rings. The number of pyridine rings is 1. The number of carboxylic acids is 1. The minimum Gasteiger partial charge on any atom is -0.480 e. The lowest BCUT2D eigenvalue weighted by Gasteiger charge is -2.21. The van der Waals surface area contributed by atoms with E-state index in [2.05, 4.69) is 4.98 Å². The van der Waals surface area contributed by atoms with E-state index in [1.807, 2.05) is 6.07 Å². The predicted octanol–water partition coefficient (Wildman–Crippen LogP) is 0.700. The second-order valence-corrected chi connectivity index (χ2v) is 4.08. The van der Waals surface area contributed by atoms with E-state index in [-0.39, 0.29) is 12.3 Å². The molecule has 1 aliphatic heterocycles. The number of carbonyl (C=O) groups excluding carboxylic acids is 1. The molecule has 1 atom stereocenters. The molecule has 1 N–H and O–H groups in total. The summed E-state index contributed by atoms with van der Waals surface area (Å²) in [4.78, 5) is 28.4. The van der Waals surface area contributed by atoms with E-state index in [0.29, 0.717) is 18.7 Å². The maximum Gasteiger partial charge on any atom is 0.326 e. The molecule has 1 aromatic rings. The van der Waals surface area contributed by atoms with Crippen LogP contribution in [0.3, 0.4) is 0 Å². The molecule has 1 unspecified atom stereocenters. The van der Waals surface area contributed by atoms with Crippen molar-refractivity contribution < 1.29 is 14.7 Å². The molecule has 2 heterocycles. The molecule has 0 aromatic carbocycles. The van der Waals surface area contributed by atoms with Gasteiger partial charge in [-0.05, 0) is 25.0 Å². The van der Waals surface area contributed by atoms with Gasteiger partial charge in [0.25, 0.3) is 0 Å². The predicted molar refractivity (Wildman–Crippen MR) is 60.3 cm³/mol. The summed E-state index contributed by atoms with van der Waals surface area (Å²) in [5, 5.41) is 8.99. The molecule has 2 rings (SSSR count). The van der Waals surface area contributed by atoms with Crippen molar-refractivity contribution in [1.82, 2.24) is 9.88 Å². The smallest absolute Gasteiger partial charge is 0.326 e. The van der Waals surface area contributed by atoms with Gasteiger partial charge in [-0.15, -0.1) is 0 Å². The average Bonchev–Trinajstić information content (AvgIpc) is 2.79. The molecule has 0 saturated carbocycles. The number of carboxylic acid groups (broad SMARTS) is 1. The lowest BCUT2D eigenvalue weighted by atomic mass is 10.2. The zero-order chi connectivity index (χ0) is 12.3. The topological polar surface area (TPSA) is 70.5 Å². The Balaban J connectivity index is 2.03. The molecule has 90 valence electrons. The monoisotopic (exact) mass is 234 g/mol. The summed E-state index contributed by atoms with van der Waals surface area (Å²) in [7, 11) is 0. The minimum absolute atomic E-state index is 0.159. The number of aliphatic carboxylic acids is 1. The molecular formula is C12H14N2O3. The lowest BCUT2D eigenvalue weighted by molar-refractivity contribution is -0.148. The highest BCUT2D eigenvalue weighted by Gasteiger charge is 2.33. The number of amides is 1. The number of nitrogens with zero attached hydrogens (tertiary/aromatic N) is 2. The highest BCUT2D eigenvalue weighted by Crippen LogP contribution is 2.18. The third-order valence-electron chi connectivity index (χ3n) is 2.92. The zero-order valence-electron chi connectivity index (χ0n) is 9.37. The number of likely N-dealkylation sites (tertiary alicyclic amines) is 1. The fourth-order valence-electron chi connectivity index (χ4n) is 2.08. The second-order valence-electron chi connectivity index (χ2n) is 4.08. The number of carbonyl (C=O) groups is 2. The van der Waals surface area contributed by atoms with Crippen molar-refractivity contribution in [2.45, 2.75) is 25.3 Å². The van der Waals surface area contributed by atoms with Crippen molar-refractivity contribution in [2.24, 2.45) is 0 Å². The Labute approximate surface area is 99.1 Å². The van der Waals surface area contributed by atoms with Crippen LogP contribution in [0, 0.1) is 0 Å². The maximum atomic E-state index is 12.0. The Morgan fingerprint density at radius 3 is 2.94 bits per heavy atom. The van der Waals surface area contributed by atoms with Crippen LogP contribution in [0.25, 0.3) is 0 Å². The van der Waals surface area contributed by atoms with Crippen molar-refractivity contribution in [3.05, 3.63) is 30.1 Å². The molecule has 0 aliphatic carbocycles. The van der Waals surface area contributed by atoms with E-state index in [9.17, 15) is 9.59 Å². The lowest BCUT2D eigenvalue weighted by Crippen LogP contribution is -2.41. The molecular weight excluding hydrogens is 220 g/mol. The third-order valence-corrected chi connectivity index (χ3v) is 2.92. The first-order valence-corrected chi connectivity index (χ1v) is 5.60. The van der Waals surface area contributed by atoms with Crippen molar-refractivity contribution in [3.63, 3.8) is 0 Å². The summed E-state index contributed by atoms with van der Waals surface area (Å²) in [6, 6.07) is 4.70. The first-order valence-electron chi connectivity index (χ1n) is 5.60. The molecule has 1 aliphatic rings. The number of rotatable bonds is 3. The highest BCUT2D eigenvalue weighted by molar-refractivity contribution is 5.85. The molecule has 1 aromatic heterocycles. The molecule has 5 nitrogen and oxygen atoms in total. The first kappa shape index (κ1) is 11.6. The van der Waals surface area contributed by atoms with Gasteiger partial charge in [-0.25, -0.2) is 4.79 Å². The van der Waals surface area contributed by atoms with Crippen LogP contribution >= 0.6 is 0 Å². The van der Waals surface area contributed by atoms with Gasteiger partial charge in [-0.3, -0.25) is 9.78 Å². The molecule has 0 spiro atoms. The number of aromatic nitrogens is 1. The zero-order valence-corrected chi connectivity index (χ0v) is 9.37. The molecule has 1 amide bonds. The van der Waals surface area contributed by atoms with Gasteiger partial charge in [0.2, 0.25) is 5.91 Å². The quantitative estimate of drug-likeness (QED) is 0.835. The number of hydrogen-bond donors (Lipinski definition) is 1. The first-order chi connectivity index (χ1) is 8.18. The van der Waals surface area contributed by atoms with Crippen LogP contribution in [0.5, 0.6) is 0 Å². The van der Waals surface area contributed by atoms with E-state index < -0.39 is 12.0 Å². The summed E-state index contributed by atoms with van der Waals surface area (Å²) in [6.45, 7) is 0.530. The van der Waals surface area contributed by atoms with Gasteiger partial charge in [0, 0.05) is 18.4 Å². The summed E-state index contributed by atoms with van der Waals surface area (Å²) >= 11 is 0. The van der Waals surface area contributed by atoms with Crippen LogP contribution in [-0.4, -0.2) is 39.5 Å². The number of hydrogen-bond acceptors (Lipinski definition) is 3. The van der Waals surface area contributed by atoms with E-state index in [4.69, 9.17) is 5.11 Å².